The number of hydrogen-bond acceptors (Lipinski definition) is 4. The number of nitrogens with one attached hydrogen (secondary N) is 1. The van der Waals surface area contributed by atoms with Gasteiger partial charge in [-0.2, -0.15) is 0 Å². The molecule has 2 aromatic rings. The first-order valence-corrected chi connectivity index (χ1v) is 7.85. The minimum Gasteiger partial charge on any atom is -0.507 e. The van der Waals surface area contributed by atoms with Gasteiger partial charge in [0.05, 0.1) is 28.9 Å². The number of anilines is 1. The molecule has 0 aliphatic carbocycles. The van der Waals surface area contributed by atoms with Crippen LogP contribution in [0, 0.1) is 0 Å². The van der Waals surface area contributed by atoms with E-state index in [1.807, 2.05) is 6.92 Å². The number of rotatable bonds is 5. The maximum atomic E-state index is 12.4. The number of carbonyl (C=O) groups excluding carboxylic acids is 2. The number of phenols is 1. The number of carbonyl (C=O) groups is 2. The lowest BCUT2D eigenvalue weighted by Gasteiger charge is -2.10. The molecule has 126 valence electrons. The van der Waals surface area contributed by atoms with E-state index in [1.54, 1.807) is 12.1 Å². The fraction of sp³-hybridized carbons (Fsp3) is 0.222. The normalized spacial score (nSPS) is 10.3. The molecule has 0 heterocycles. The van der Waals surface area contributed by atoms with Gasteiger partial charge in [0.25, 0.3) is 5.91 Å². The van der Waals surface area contributed by atoms with Crippen LogP contribution in [0.15, 0.2) is 36.4 Å². The summed E-state index contributed by atoms with van der Waals surface area (Å²) < 4.78 is 4.62. The second-order valence-corrected chi connectivity index (χ2v) is 5.65. The Kier molecular flexibility index (Phi) is 5.82. The molecular formula is C18H18ClNO4. The highest BCUT2D eigenvalue weighted by molar-refractivity contribution is 6.34. The van der Waals surface area contributed by atoms with Crippen LogP contribution in [0.1, 0.15) is 39.6 Å². The van der Waals surface area contributed by atoms with E-state index in [0.717, 1.165) is 18.4 Å². The summed E-state index contributed by atoms with van der Waals surface area (Å²) in [5.41, 5.74) is 1.77. The van der Waals surface area contributed by atoms with Gasteiger partial charge in [-0.1, -0.05) is 31.0 Å². The molecule has 0 fully saturated rings. The Labute approximate surface area is 145 Å². The molecule has 2 aromatic carbocycles. The zero-order valence-electron chi connectivity index (χ0n) is 13.4. The summed E-state index contributed by atoms with van der Waals surface area (Å²) in [5.74, 6) is -1.09. The SMILES string of the molecule is CCCc1ccc(O)c(C(=O)Nc2ccc(C(=O)OC)cc2Cl)c1. The molecule has 0 aliphatic heterocycles. The maximum Gasteiger partial charge on any atom is 0.337 e. The number of aryl methyl sites for hydroxylation is 1. The van der Waals surface area contributed by atoms with Crippen LogP contribution in [0.25, 0.3) is 0 Å². The van der Waals surface area contributed by atoms with Gasteiger partial charge in [0, 0.05) is 0 Å². The van der Waals surface area contributed by atoms with Crippen LogP contribution < -0.4 is 5.32 Å². The van der Waals surface area contributed by atoms with Crippen molar-refractivity contribution in [1.29, 1.82) is 0 Å². The molecule has 2 N–H and O–H groups in total. The van der Waals surface area contributed by atoms with Crippen molar-refractivity contribution in [2.75, 3.05) is 12.4 Å². The Bertz CT molecular complexity index is 774. The third-order valence-electron chi connectivity index (χ3n) is 3.48. The topological polar surface area (TPSA) is 75.6 Å². The second kappa shape index (κ2) is 7.84. The average Bonchev–Trinajstić information content (AvgIpc) is 2.57. The van der Waals surface area contributed by atoms with Crippen molar-refractivity contribution in [3.05, 3.63) is 58.1 Å². The molecule has 1 amide bonds. The number of amides is 1. The van der Waals surface area contributed by atoms with Crippen molar-refractivity contribution in [3.63, 3.8) is 0 Å². The monoisotopic (exact) mass is 347 g/mol. The molecule has 0 bridgehead atoms. The van der Waals surface area contributed by atoms with Crippen LogP contribution in [0.3, 0.4) is 0 Å². The Balaban J connectivity index is 2.24. The van der Waals surface area contributed by atoms with Gasteiger partial charge in [-0.25, -0.2) is 4.79 Å². The van der Waals surface area contributed by atoms with Crippen LogP contribution in [-0.2, 0) is 11.2 Å². The van der Waals surface area contributed by atoms with Crippen LogP contribution in [-0.4, -0.2) is 24.1 Å². The summed E-state index contributed by atoms with van der Waals surface area (Å²) in [6.45, 7) is 2.04. The molecule has 0 radical (unpaired) electrons. The summed E-state index contributed by atoms with van der Waals surface area (Å²) in [5, 5.41) is 12.8. The molecule has 0 saturated heterocycles. The van der Waals surface area contributed by atoms with Gasteiger partial charge in [0.1, 0.15) is 5.75 Å². The summed E-state index contributed by atoms with van der Waals surface area (Å²) >= 11 is 6.10. The average molecular weight is 348 g/mol. The molecule has 0 atom stereocenters. The second-order valence-electron chi connectivity index (χ2n) is 5.24. The Morgan fingerprint density at radius 2 is 1.96 bits per heavy atom. The highest BCUT2D eigenvalue weighted by Gasteiger charge is 2.15. The van der Waals surface area contributed by atoms with Crippen molar-refractivity contribution in [2.24, 2.45) is 0 Å². The van der Waals surface area contributed by atoms with Crippen molar-refractivity contribution in [2.45, 2.75) is 19.8 Å². The van der Waals surface area contributed by atoms with Crippen LogP contribution in [0.2, 0.25) is 5.02 Å². The van der Waals surface area contributed by atoms with Gasteiger partial charge in [0.2, 0.25) is 0 Å². The lowest BCUT2D eigenvalue weighted by atomic mass is 10.1. The summed E-state index contributed by atoms with van der Waals surface area (Å²) in [6.07, 6.45) is 1.75. The predicted octanol–water partition coefficient (Wildman–Crippen LogP) is 4.04. The molecule has 0 saturated carbocycles. The Morgan fingerprint density at radius 1 is 1.21 bits per heavy atom. The van der Waals surface area contributed by atoms with Gasteiger partial charge in [-0.15, -0.1) is 0 Å². The number of methoxy groups -OCH3 is 1. The molecule has 2 rings (SSSR count). The summed E-state index contributed by atoms with van der Waals surface area (Å²) in [6, 6.07) is 9.37. The minimum absolute atomic E-state index is 0.102. The number of phenolic OH excluding ortho intramolecular Hbond substituents is 1. The number of hydrogen-bond donors (Lipinski definition) is 2. The molecule has 0 aliphatic rings. The van der Waals surface area contributed by atoms with Crippen molar-refractivity contribution < 1.29 is 19.4 Å². The van der Waals surface area contributed by atoms with Crippen molar-refractivity contribution in [1.82, 2.24) is 0 Å². The highest BCUT2D eigenvalue weighted by atomic mass is 35.5. The van der Waals surface area contributed by atoms with Gasteiger partial charge in [0.15, 0.2) is 0 Å². The fourth-order valence-electron chi connectivity index (χ4n) is 2.26. The number of aromatic hydroxyl groups is 1. The Hall–Kier alpha value is -2.53. The number of esters is 1. The largest absolute Gasteiger partial charge is 0.507 e. The van der Waals surface area contributed by atoms with Crippen LogP contribution >= 0.6 is 11.6 Å². The van der Waals surface area contributed by atoms with E-state index in [4.69, 9.17) is 11.6 Å². The predicted molar refractivity (Wildman–Crippen MR) is 92.8 cm³/mol. The standard InChI is InChI=1S/C18H18ClNO4/c1-3-4-11-5-8-16(21)13(9-11)17(22)20-15-7-6-12(10-14(15)19)18(23)24-2/h5-10,21H,3-4H2,1-2H3,(H,20,22). The third-order valence-corrected chi connectivity index (χ3v) is 3.80. The van der Waals surface area contributed by atoms with Crippen LogP contribution in [0.5, 0.6) is 5.75 Å². The molecular weight excluding hydrogens is 330 g/mol. The zero-order valence-corrected chi connectivity index (χ0v) is 14.2. The van der Waals surface area contributed by atoms with E-state index in [0.29, 0.717) is 5.69 Å². The fourth-order valence-corrected chi connectivity index (χ4v) is 2.49. The molecule has 0 unspecified atom stereocenters. The smallest absolute Gasteiger partial charge is 0.337 e. The van der Waals surface area contributed by atoms with Crippen molar-refractivity contribution in [3.8, 4) is 5.75 Å². The molecule has 5 nitrogen and oxygen atoms in total. The Morgan fingerprint density at radius 3 is 2.58 bits per heavy atom. The first-order valence-electron chi connectivity index (χ1n) is 7.47. The van der Waals surface area contributed by atoms with E-state index < -0.39 is 11.9 Å². The maximum absolute atomic E-state index is 12.4. The van der Waals surface area contributed by atoms with Gasteiger partial charge in [-0.3, -0.25) is 4.79 Å². The lowest BCUT2D eigenvalue weighted by molar-refractivity contribution is 0.0600. The quantitative estimate of drug-likeness (QED) is 0.800. The highest BCUT2D eigenvalue weighted by Crippen LogP contribution is 2.26. The number of benzene rings is 2. The van der Waals surface area contributed by atoms with Gasteiger partial charge < -0.3 is 15.2 Å². The van der Waals surface area contributed by atoms with Crippen LogP contribution in [0.4, 0.5) is 5.69 Å². The molecule has 6 heteroatoms. The number of ether oxygens (including phenoxy) is 1. The lowest BCUT2D eigenvalue weighted by Crippen LogP contribution is -2.13. The first-order chi connectivity index (χ1) is 11.5. The summed E-state index contributed by atoms with van der Waals surface area (Å²) in [7, 11) is 1.28. The van der Waals surface area contributed by atoms with E-state index in [-0.39, 0.29) is 21.9 Å². The van der Waals surface area contributed by atoms with E-state index in [1.165, 1.54) is 31.4 Å². The molecule has 0 aromatic heterocycles. The summed E-state index contributed by atoms with van der Waals surface area (Å²) in [4.78, 5) is 23.9. The van der Waals surface area contributed by atoms with E-state index >= 15 is 0 Å². The van der Waals surface area contributed by atoms with Gasteiger partial charge >= 0.3 is 5.97 Å². The minimum atomic E-state index is -0.514. The zero-order chi connectivity index (χ0) is 17.7. The van der Waals surface area contributed by atoms with Gasteiger partial charge in [-0.05, 0) is 42.3 Å². The van der Waals surface area contributed by atoms with E-state index in [2.05, 4.69) is 10.1 Å². The first kappa shape index (κ1) is 17.8. The third kappa shape index (κ3) is 4.06. The number of halogens is 1. The molecule has 0 spiro atoms. The molecule has 24 heavy (non-hydrogen) atoms. The van der Waals surface area contributed by atoms with Crippen molar-refractivity contribution >= 4 is 29.2 Å². The van der Waals surface area contributed by atoms with E-state index in [9.17, 15) is 14.7 Å².